The van der Waals surface area contributed by atoms with Crippen LogP contribution in [0.2, 0.25) is 0 Å². The largest absolute Gasteiger partial charge is 0.351 e. The molecular weight excluding hydrogens is 318 g/mol. The Labute approximate surface area is 149 Å². The van der Waals surface area contributed by atoms with E-state index in [2.05, 4.69) is 38.1 Å². The number of carbonyl (C=O) groups excluding carboxylic acids is 1. The van der Waals surface area contributed by atoms with Crippen molar-refractivity contribution in [1.82, 2.24) is 15.1 Å². The number of carbonyl (C=O) groups is 1. The Balaban J connectivity index is 1.97. The van der Waals surface area contributed by atoms with Crippen molar-refractivity contribution in [2.24, 2.45) is 7.05 Å². The molecule has 2 aromatic rings. The van der Waals surface area contributed by atoms with Crippen LogP contribution < -0.4 is 5.32 Å². The van der Waals surface area contributed by atoms with Crippen molar-refractivity contribution in [1.29, 1.82) is 0 Å². The second-order valence-electron chi connectivity index (χ2n) is 6.78. The molecule has 0 saturated carbocycles. The van der Waals surface area contributed by atoms with E-state index in [1.54, 1.807) is 0 Å². The van der Waals surface area contributed by atoms with Gasteiger partial charge in [-0.2, -0.15) is 16.9 Å². The lowest BCUT2D eigenvalue weighted by Gasteiger charge is -2.17. The van der Waals surface area contributed by atoms with E-state index in [9.17, 15) is 4.79 Å². The Kier molecular flexibility index (Phi) is 6.10. The summed E-state index contributed by atoms with van der Waals surface area (Å²) >= 11 is 1.85. The van der Waals surface area contributed by atoms with E-state index in [1.807, 2.05) is 54.0 Å². The van der Waals surface area contributed by atoms with Gasteiger partial charge in [0.2, 0.25) is 0 Å². The van der Waals surface area contributed by atoms with Gasteiger partial charge in [0.05, 0.1) is 6.20 Å². The molecule has 0 radical (unpaired) electrons. The van der Waals surface area contributed by atoms with E-state index in [4.69, 9.17) is 0 Å². The lowest BCUT2D eigenvalue weighted by Crippen LogP contribution is -2.26. The molecule has 0 aliphatic carbocycles. The molecule has 1 aromatic carbocycles. The molecule has 4 nitrogen and oxygen atoms in total. The average Bonchev–Trinajstić information content (AvgIpc) is 2.91. The highest BCUT2D eigenvalue weighted by Gasteiger charge is 2.12. The average molecular weight is 346 g/mol. The molecule has 1 aromatic heterocycles. The maximum Gasteiger partial charge on any atom is 0.251 e. The molecule has 0 aliphatic rings. The molecule has 0 spiro atoms. The Morgan fingerprint density at radius 2 is 1.92 bits per heavy atom. The van der Waals surface area contributed by atoms with Crippen molar-refractivity contribution in [3.63, 3.8) is 0 Å². The molecule has 24 heavy (non-hydrogen) atoms. The smallest absolute Gasteiger partial charge is 0.251 e. The van der Waals surface area contributed by atoms with Gasteiger partial charge in [0.15, 0.2) is 0 Å². The molecule has 2 rings (SSSR count). The van der Waals surface area contributed by atoms with Gasteiger partial charge in [0.1, 0.15) is 0 Å². The minimum absolute atomic E-state index is 0.0158. The third-order valence-corrected chi connectivity index (χ3v) is 5.05. The van der Waals surface area contributed by atoms with Crippen molar-refractivity contribution < 1.29 is 4.79 Å². The highest BCUT2D eigenvalue weighted by molar-refractivity contribution is 8.00. The van der Waals surface area contributed by atoms with Crippen molar-refractivity contribution in [3.05, 3.63) is 41.7 Å². The third kappa shape index (κ3) is 4.87. The van der Waals surface area contributed by atoms with E-state index in [0.29, 0.717) is 12.1 Å². The maximum atomic E-state index is 12.2. The fourth-order valence-corrected chi connectivity index (χ4v) is 3.36. The van der Waals surface area contributed by atoms with E-state index < -0.39 is 0 Å². The number of nitrogens with one attached hydrogen (secondary N) is 1. The third-order valence-electron chi connectivity index (χ3n) is 3.78. The number of thioether (sulfide) groups is 1. The normalized spacial score (nSPS) is 11.5. The number of rotatable bonds is 6. The highest BCUT2D eigenvalue weighted by Crippen LogP contribution is 2.24. The minimum atomic E-state index is -0.0158. The van der Waals surface area contributed by atoms with Gasteiger partial charge in [-0.25, -0.2) is 0 Å². The topological polar surface area (TPSA) is 46.9 Å². The molecule has 0 atom stereocenters. The van der Waals surface area contributed by atoms with Crippen molar-refractivity contribution in [2.75, 3.05) is 12.3 Å². The van der Waals surface area contributed by atoms with Crippen LogP contribution >= 0.6 is 11.8 Å². The molecule has 0 fully saturated rings. The zero-order valence-electron chi connectivity index (χ0n) is 15.2. The zero-order valence-corrected chi connectivity index (χ0v) is 16.0. The van der Waals surface area contributed by atoms with Crippen LogP contribution in [0.15, 0.2) is 30.5 Å². The number of aryl methyl sites for hydroxylation is 1. The fraction of sp³-hybridized carbons (Fsp3) is 0.474. The number of amides is 1. The summed E-state index contributed by atoms with van der Waals surface area (Å²) in [6.45, 7) is 9.35. The molecule has 1 heterocycles. The molecular formula is C19H27N3OS. The van der Waals surface area contributed by atoms with Crippen LogP contribution in [0.4, 0.5) is 0 Å². The molecule has 5 heteroatoms. The van der Waals surface area contributed by atoms with Crippen LogP contribution in [-0.4, -0.2) is 32.7 Å². The summed E-state index contributed by atoms with van der Waals surface area (Å²) in [5, 5.41) is 7.31. The number of nitrogens with zero attached hydrogens (tertiary/aromatic N) is 2. The van der Waals surface area contributed by atoms with Crippen LogP contribution in [0, 0.1) is 0 Å². The van der Waals surface area contributed by atoms with Gasteiger partial charge < -0.3 is 5.32 Å². The van der Waals surface area contributed by atoms with Crippen LogP contribution in [-0.2, 0) is 13.5 Å². The maximum absolute atomic E-state index is 12.2. The van der Waals surface area contributed by atoms with Gasteiger partial charge in [0, 0.05) is 40.9 Å². The Morgan fingerprint density at radius 3 is 2.50 bits per heavy atom. The number of hydrogen-bond acceptors (Lipinski definition) is 3. The first-order valence-corrected chi connectivity index (χ1v) is 9.34. The first-order valence-electron chi connectivity index (χ1n) is 8.35. The number of benzene rings is 1. The van der Waals surface area contributed by atoms with Crippen LogP contribution in [0.5, 0.6) is 0 Å². The van der Waals surface area contributed by atoms with Crippen LogP contribution in [0.3, 0.4) is 0 Å². The first-order chi connectivity index (χ1) is 11.3. The summed E-state index contributed by atoms with van der Waals surface area (Å²) in [5.41, 5.74) is 4.13. The summed E-state index contributed by atoms with van der Waals surface area (Å²) < 4.78 is 2.13. The second kappa shape index (κ2) is 7.88. The molecule has 0 bridgehead atoms. The standard InChI is InChI=1S/C19H27N3OS/c1-6-17-16(13-21-22(17)5)14-7-9-15(10-8-14)18(23)20-11-12-24-19(2,3)4/h7-10,13H,6,11-12H2,1-5H3,(H,20,23). The summed E-state index contributed by atoms with van der Waals surface area (Å²) in [4.78, 5) is 12.2. The van der Waals surface area contributed by atoms with Crippen LogP contribution in [0.1, 0.15) is 43.7 Å². The Hall–Kier alpha value is -1.75. The predicted molar refractivity (Wildman–Crippen MR) is 103 cm³/mol. The van der Waals surface area contributed by atoms with Gasteiger partial charge in [-0.15, -0.1) is 0 Å². The van der Waals surface area contributed by atoms with Gasteiger partial charge in [0.25, 0.3) is 5.91 Å². The monoisotopic (exact) mass is 345 g/mol. The zero-order chi connectivity index (χ0) is 17.7. The minimum Gasteiger partial charge on any atom is -0.351 e. The van der Waals surface area contributed by atoms with Gasteiger partial charge in [-0.3, -0.25) is 9.48 Å². The van der Waals surface area contributed by atoms with Gasteiger partial charge in [-0.05, 0) is 24.1 Å². The van der Waals surface area contributed by atoms with E-state index >= 15 is 0 Å². The molecule has 1 amide bonds. The molecule has 1 N–H and O–H groups in total. The number of aromatic nitrogens is 2. The summed E-state index contributed by atoms with van der Waals surface area (Å²) in [5.74, 6) is 0.904. The molecule has 0 aliphatic heterocycles. The molecule has 0 saturated heterocycles. The quantitative estimate of drug-likeness (QED) is 0.808. The summed E-state index contributed by atoms with van der Waals surface area (Å²) in [6.07, 6.45) is 2.82. The second-order valence-corrected chi connectivity index (χ2v) is 8.70. The van der Waals surface area contributed by atoms with Crippen molar-refractivity contribution in [2.45, 2.75) is 38.9 Å². The molecule has 130 valence electrons. The first kappa shape index (κ1) is 18.6. The van der Waals surface area contributed by atoms with Crippen molar-refractivity contribution in [3.8, 4) is 11.1 Å². The van der Waals surface area contributed by atoms with Crippen molar-refractivity contribution >= 4 is 17.7 Å². The van der Waals surface area contributed by atoms with Gasteiger partial charge >= 0.3 is 0 Å². The summed E-state index contributed by atoms with van der Waals surface area (Å²) in [7, 11) is 1.96. The Morgan fingerprint density at radius 1 is 1.25 bits per heavy atom. The lowest BCUT2D eigenvalue weighted by atomic mass is 10.0. The lowest BCUT2D eigenvalue weighted by molar-refractivity contribution is 0.0956. The van der Waals surface area contributed by atoms with Gasteiger partial charge in [-0.1, -0.05) is 39.8 Å². The van der Waals surface area contributed by atoms with E-state index in [1.165, 1.54) is 5.69 Å². The summed E-state index contributed by atoms with van der Waals surface area (Å²) in [6, 6.07) is 7.76. The predicted octanol–water partition coefficient (Wildman–Crippen LogP) is 3.91. The molecule has 0 unspecified atom stereocenters. The SMILES string of the molecule is CCc1c(-c2ccc(C(=O)NCCSC(C)(C)C)cc2)cnn1C. The highest BCUT2D eigenvalue weighted by atomic mass is 32.2. The fourth-order valence-electron chi connectivity index (χ4n) is 2.55. The number of hydrogen-bond donors (Lipinski definition) is 1. The Bertz CT molecular complexity index is 684. The van der Waals surface area contributed by atoms with E-state index in [0.717, 1.165) is 23.3 Å². The van der Waals surface area contributed by atoms with Crippen LogP contribution in [0.25, 0.3) is 11.1 Å². The van der Waals surface area contributed by atoms with E-state index in [-0.39, 0.29) is 10.7 Å².